The normalized spacial score (nSPS) is 12.8. The molecule has 0 amide bonds. The zero-order valence-corrected chi connectivity index (χ0v) is 11.4. The van der Waals surface area contributed by atoms with E-state index in [2.05, 4.69) is 53.7 Å². The summed E-state index contributed by atoms with van der Waals surface area (Å²) in [6.45, 7) is 1.13. The maximum absolute atomic E-state index is 9.23. The van der Waals surface area contributed by atoms with Gasteiger partial charge in [-0.2, -0.15) is 0 Å². The minimum absolute atomic E-state index is 0.224. The molecule has 1 atom stereocenters. The summed E-state index contributed by atoms with van der Waals surface area (Å²) in [7, 11) is 2.12. The van der Waals surface area contributed by atoms with E-state index < -0.39 is 0 Å². The van der Waals surface area contributed by atoms with Crippen molar-refractivity contribution in [2.45, 2.75) is 19.0 Å². The van der Waals surface area contributed by atoms with Gasteiger partial charge >= 0.3 is 0 Å². The number of thiophene rings is 1. The Morgan fingerprint density at radius 1 is 1.17 bits per heavy atom. The maximum Gasteiger partial charge on any atom is 0.0463 e. The number of nitrogens with zero attached hydrogens (tertiary/aromatic N) is 1. The molecule has 1 aromatic carbocycles. The van der Waals surface area contributed by atoms with Gasteiger partial charge in [-0.25, -0.2) is 0 Å². The summed E-state index contributed by atoms with van der Waals surface area (Å²) < 4.78 is 0. The van der Waals surface area contributed by atoms with Gasteiger partial charge in [-0.1, -0.05) is 36.4 Å². The Hall–Kier alpha value is -1.16. The molecule has 1 N–H and O–H groups in total. The average Bonchev–Trinajstić information content (AvgIpc) is 2.90. The molecule has 0 fully saturated rings. The first-order chi connectivity index (χ1) is 8.81. The van der Waals surface area contributed by atoms with Crippen molar-refractivity contribution in [3.8, 4) is 0 Å². The van der Waals surface area contributed by atoms with E-state index in [1.54, 1.807) is 11.3 Å². The molecule has 0 aliphatic carbocycles. The van der Waals surface area contributed by atoms with Gasteiger partial charge in [0.2, 0.25) is 0 Å². The molecule has 0 aliphatic heterocycles. The number of benzene rings is 1. The number of hydrogen-bond donors (Lipinski definition) is 1. The number of hydrogen-bond acceptors (Lipinski definition) is 3. The molecule has 1 aromatic heterocycles. The third-order valence-electron chi connectivity index (χ3n) is 3.08. The van der Waals surface area contributed by atoms with Crippen LogP contribution in [0.3, 0.4) is 0 Å². The highest BCUT2D eigenvalue weighted by molar-refractivity contribution is 7.10. The molecule has 2 nitrogen and oxygen atoms in total. The van der Waals surface area contributed by atoms with Gasteiger partial charge < -0.3 is 5.11 Å². The van der Waals surface area contributed by atoms with Gasteiger partial charge in [0.1, 0.15) is 0 Å². The second-order valence-corrected chi connectivity index (χ2v) is 5.42. The summed E-state index contributed by atoms with van der Waals surface area (Å²) >= 11 is 1.76. The van der Waals surface area contributed by atoms with Crippen LogP contribution in [0.25, 0.3) is 0 Å². The molecule has 2 aromatic rings. The Balaban J connectivity index is 2.07. The maximum atomic E-state index is 9.23. The SMILES string of the molecule is CN(Cc1ccccc1)C(CCO)c1cccs1. The highest BCUT2D eigenvalue weighted by atomic mass is 32.1. The zero-order chi connectivity index (χ0) is 12.8. The van der Waals surface area contributed by atoms with Crippen LogP contribution in [0.15, 0.2) is 47.8 Å². The van der Waals surface area contributed by atoms with Crippen molar-refractivity contribution >= 4 is 11.3 Å². The molecule has 96 valence electrons. The Kier molecular flexibility index (Phi) is 4.93. The highest BCUT2D eigenvalue weighted by Gasteiger charge is 2.17. The summed E-state index contributed by atoms with van der Waals surface area (Å²) in [5.41, 5.74) is 1.31. The van der Waals surface area contributed by atoms with Crippen molar-refractivity contribution in [3.63, 3.8) is 0 Å². The van der Waals surface area contributed by atoms with E-state index >= 15 is 0 Å². The minimum atomic E-state index is 0.224. The molecular formula is C15H19NOS. The van der Waals surface area contributed by atoms with Crippen molar-refractivity contribution in [1.29, 1.82) is 0 Å². The summed E-state index contributed by atoms with van der Waals surface area (Å²) in [6.07, 6.45) is 0.782. The van der Waals surface area contributed by atoms with E-state index in [0.29, 0.717) is 6.04 Å². The predicted molar refractivity (Wildman–Crippen MR) is 76.7 cm³/mol. The Morgan fingerprint density at radius 2 is 1.94 bits per heavy atom. The Morgan fingerprint density at radius 3 is 2.56 bits per heavy atom. The van der Waals surface area contributed by atoms with Crippen molar-refractivity contribution in [1.82, 2.24) is 4.90 Å². The fourth-order valence-corrected chi connectivity index (χ4v) is 3.09. The van der Waals surface area contributed by atoms with Crippen LogP contribution in [0, 0.1) is 0 Å². The van der Waals surface area contributed by atoms with Crippen LogP contribution < -0.4 is 0 Å². The number of aliphatic hydroxyl groups excluding tert-OH is 1. The molecule has 0 saturated carbocycles. The predicted octanol–water partition coefficient (Wildman–Crippen LogP) is 3.30. The number of aliphatic hydroxyl groups is 1. The Bertz CT molecular complexity index is 441. The van der Waals surface area contributed by atoms with Crippen LogP contribution in [0.1, 0.15) is 22.9 Å². The van der Waals surface area contributed by atoms with E-state index in [1.165, 1.54) is 10.4 Å². The van der Waals surface area contributed by atoms with Gasteiger partial charge in [-0.15, -0.1) is 11.3 Å². The smallest absolute Gasteiger partial charge is 0.0463 e. The fourth-order valence-electron chi connectivity index (χ4n) is 2.16. The van der Waals surface area contributed by atoms with Crippen LogP contribution in [0.2, 0.25) is 0 Å². The molecule has 2 rings (SSSR count). The summed E-state index contributed by atoms with van der Waals surface area (Å²) in [5.74, 6) is 0. The molecule has 3 heteroatoms. The quantitative estimate of drug-likeness (QED) is 0.862. The molecule has 1 heterocycles. The second kappa shape index (κ2) is 6.69. The van der Waals surface area contributed by atoms with E-state index in [1.807, 2.05) is 6.07 Å². The van der Waals surface area contributed by atoms with Crippen LogP contribution in [-0.4, -0.2) is 23.7 Å². The summed E-state index contributed by atoms with van der Waals surface area (Å²) in [4.78, 5) is 3.62. The molecule has 0 radical (unpaired) electrons. The molecule has 0 spiro atoms. The van der Waals surface area contributed by atoms with Gasteiger partial charge in [0.25, 0.3) is 0 Å². The third kappa shape index (κ3) is 3.42. The van der Waals surface area contributed by atoms with Gasteiger partial charge in [0.05, 0.1) is 0 Å². The van der Waals surface area contributed by atoms with Gasteiger partial charge in [-0.3, -0.25) is 4.90 Å². The lowest BCUT2D eigenvalue weighted by Gasteiger charge is -2.26. The lowest BCUT2D eigenvalue weighted by molar-refractivity contribution is 0.182. The van der Waals surface area contributed by atoms with Crippen molar-refractivity contribution in [2.75, 3.05) is 13.7 Å². The minimum Gasteiger partial charge on any atom is -0.396 e. The van der Waals surface area contributed by atoms with Crippen LogP contribution >= 0.6 is 11.3 Å². The van der Waals surface area contributed by atoms with Gasteiger partial charge in [0.15, 0.2) is 0 Å². The first kappa shape index (κ1) is 13.3. The van der Waals surface area contributed by atoms with E-state index in [4.69, 9.17) is 0 Å². The van der Waals surface area contributed by atoms with Crippen LogP contribution in [-0.2, 0) is 6.54 Å². The highest BCUT2D eigenvalue weighted by Crippen LogP contribution is 2.28. The zero-order valence-electron chi connectivity index (χ0n) is 10.6. The van der Waals surface area contributed by atoms with E-state index in [0.717, 1.165) is 13.0 Å². The first-order valence-electron chi connectivity index (χ1n) is 6.19. The molecular weight excluding hydrogens is 242 g/mol. The molecule has 0 saturated heterocycles. The van der Waals surface area contributed by atoms with E-state index in [9.17, 15) is 5.11 Å². The van der Waals surface area contributed by atoms with Crippen LogP contribution in [0.5, 0.6) is 0 Å². The first-order valence-corrected chi connectivity index (χ1v) is 7.07. The largest absolute Gasteiger partial charge is 0.396 e. The number of rotatable bonds is 6. The fraction of sp³-hybridized carbons (Fsp3) is 0.333. The molecule has 1 unspecified atom stereocenters. The lowest BCUT2D eigenvalue weighted by atomic mass is 10.1. The third-order valence-corrected chi connectivity index (χ3v) is 4.05. The van der Waals surface area contributed by atoms with Crippen molar-refractivity contribution < 1.29 is 5.11 Å². The Labute approximate surface area is 113 Å². The average molecular weight is 261 g/mol. The lowest BCUT2D eigenvalue weighted by Crippen LogP contribution is -2.24. The van der Waals surface area contributed by atoms with Gasteiger partial charge in [0, 0.05) is 24.1 Å². The summed E-state index contributed by atoms with van der Waals surface area (Å²) in [6, 6.07) is 15.0. The monoisotopic (exact) mass is 261 g/mol. The standard InChI is InChI=1S/C15H19NOS/c1-16(12-13-6-3-2-4-7-13)14(9-10-17)15-8-5-11-18-15/h2-8,11,14,17H,9-10,12H2,1H3. The molecule has 0 aliphatic rings. The van der Waals surface area contributed by atoms with Crippen LogP contribution in [0.4, 0.5) is 0 Å². The van der Waals surface area contributed by atoms with Crippen molar-refractivity contribution in [2.24, 2.45) is 0 Å². The second-order valence-electron chi connectivity index (χ2n) is 4.44. The summed E-state index contributed by atoms with van der Waals surface area (Å²) in [5, 5.41) is 11.3. The molecule has 18 heavy (non-hydrogen) atoms. The van der Waals surface area contributed by atoms with Crippen molar-refractivity contribution in [3.05, 3.63) is 58.3 Å². The molecule has 0 bridgehead atoms. The van der Waals surface area contributed by atoms with E-state index in [-0.39, 0.29) is 6.61 Å². The van der Waals surface area contributed by atoms with Gasteiger partial charge in [-0.05, 0) is 30.5 Å². The topological polar surface area (TPSA) is 23.5 Å².